The number of aromatic nitrogens is 2. The maximum absolute atomic E-state index is 11.7. The summed E-state index contributed by atoms with van der Waals surface area (Å²) in [6, 6.07) is 14.0. The molecule has 0 N–H and O–H groups in total. The Morgan fingerprint density at radius 3 is 2.76 bits per heavy atom. The lowest BCUT2D eigenvalue weighted by Crippen LogP contribution is -2.12. The number of benzene rings is 1. The number of esters is 1. The Labute approximate surface area is 123 Å². The summed E-state index contributed by atoms with van der Waals surface area (Å²) in [7, 11) is 0. The largest absolute Gasteiger partial charge is 0.465 e. The molecule has 0 aliphatic carbocycles. The van der Waals surface area contributed by atoms with Gasteiger partial charge in [-0.25, -0.2) is 4.98 Å². The Bertz CT molecular complexity index is 763. The molecule has 2 aromatic heterocycles. The van der Waals surface area contributed by atoms with Gasteiger partial charge < -0.3 is 9.30 Å². The fourth-order valence-electron chi connectivity index (χ4n) is 2.44. The van der Waals surface area contributed by atoms with Gasteiger partial charge in [-0.1, -0.05) is 30.3 Å². The van der Waals surface area contributed by atoms with Crippen molar-refractivity contribution in [2.24, 2.45) is 0 Å². The molecular weight excluding hydrogens is 264 g/mol. The summed E-state index contributed by atoms with van der Waals surface area (Å²) in [5.74, 6) is -0.250. The first-order chi connectivity index (χ1) is 10.3. The molecule has 0 saturated heterocycles. The van der Waals surface area contributed by atoms with Crippen molar-refractivity contribution < 1.29 is 9.53 Å². The summed E-state index contributed by atoms with van der Waals surface area (Å²) < 4.78 is 6.87. The molecule has 0 bridgehead atoms. The summed E-state index contributed by atoms with van der Waals surface area (Å²) >= 11 is 0. The number of carbonyl (C=O) groups excluding carboxylic acids is 1. The molecule has 0 aliphatic rings. The van der Waals surface area contributed by atoms with Crippen LogP contribution in [0.1, 0.15) is 6.92 Å². The fraction of sp³-hybridized carbons (Fsp3) is 0.176. The van der Waals surface area contributed by atoms with Crippen LogP contribution in [-0.2, 0) is 16.1 Å². The standard InChI is InChI=1S/C17H16N2O2/c1-2-21-16(20)12-19-11-15(13-7-4-3-5-8-13)14-9-6-10-18-17(14)19/h3-11H,2,12H2,1H3. The SMILES string of the molecule is CCOC(=O)Cn1cc(-c2ccccc2)c2cccnc21. The first-order valence-corrected chi connectivity index (χ1v) is 6.94. The van der Waals surface area contributed by atoms with E-state index in [0.717, 1.165) is 22.2 Å². The highest BCUT2D eigenvalue weighted by atomic mass is 16.5. The fourth-order valence-corrected chi connectivity index (χ4v) is 2.44. The average molecular weight is 280 g/mol. The van der Waals surface area contributed by atoms with E-state index in [2.05, 4.69) is 17.1 Å². The van der Waals surface area contributed by atoms with Gasteiger partial charge in [0.05, 0.1) is 6.61 Å². The minimum Gasteiger partial charge on any atom is -0.465 e. The first kappa shape index (κ1) is 13.4. The number of nitrogens with zero attached hydrogens (tertiary/aromatic N) is 2. The Hall–Kier alpha value is -2.62. The molecule has 2 heterocycles. The van der Waals surface area contributed by atoms with Gasteiger partial charge in [0.25, 0.3) is 0 Å². The predicted molar refractivity (Wildman–Crippen MR) is 81.8 cm³/mol. The van der Waals surface area contributed by atoms with Gasteiger partial charge in [0, 0.05) is 23.3 Å². The number of ether oxygens (including phenoxy) is 1. The van der Waals surface area contributed by atoms with E-state index in [4.69, 9.17) is 4.74 Å². The Kier molecular flexibility index (Phi) is 3.69. The van der Waals surface area contributed by atoms with Crippen LogP contribution in [0.4, 0.5) is 0 Å². The molecule has 3 aromatic rings. The second kappa shape index (κ2) is 5.79. The molecule has 0 amide bonds. The number of rotatable bonds is 4. The number of fused-ring (bicyclic) bond motifs is 1. The minimum absolute atomic E-state index is 0.175. The molecule has 1 aromatic carbocycles. The van der Waals surface area contributed by atoms with Crippen LogP contribution < -0.4 is 0 Å². The lowest BCUT2D eigenvalue weighted by molar-refractivity contribution is -0.143. The third-order valence-electron chi connectivity index (χ3n) is 3.32. The summed E-state index contributed by atoms with van der Waals surface area (Å²) in [4.78, 5) is 16.1. The van der Waals surface area contributed by atoms with Crippen molar-refractivity contribution in [2.45, 2.75) is 13.5 Å². The lowest BCUT2D eigenvalue weighted by atomic mass is 10.1. The van der Waals surface area contributed by atoms with Gasteiger partial charge in [-0.15, -0.1) is 0 Å². The van der Waals surface area contributed by atoms with Crippen molar-refractivity contribution in [3.8, 4) is 11.1 Å². The van der Waals surface area contributed by atoms with Gasteiger partial charge in [0.1, 0.15) is 12.2 Å². The van der Waals surface area contributed by atoms with Crippen LogP contribution in [0.3, 0.4) is 0 Å². The molecule has 0 spiro atoms. The van der Waals surface area contributed by atoms with E-state index in [1.807, 2.05) is 41.1 Å². The second-order valence-electron chi connectivity index (χ2n) is 4.72. The van der Waals surface area contributed by atoms with Crippen molar-refractivity contribution in [2.75, 3.05) is 6.61 Å². The molecule has 0 saturated carbocycles. The van der Waals surface area contributed by atoms with Crippen LogP contribution in [0, 0.1) is 0 Å². The normalized spacial score (nSPS) is 10.7. The number of hydrogen-bond acceptors (Lipinski definition) is 3. The molecule has 3 rings (SSSR count). The third kappa shape index (κ3) is 2.65. The van der Waals surface area contributed by atoms with Gasteiger partial charge >= 0.3 is 5.97 Å². The van der Waals surface area contributed by atoms with Crippen molar-refractivity contribution in [3.63, 3.8) is 0 Å². The monoisotopic (exact) mass is 280 g/mol. The number of carbonyl (C=O) groups is 1. The summed E-state index contributed by atoms with van der Waals surface area (Å²) in [6.07, 6.45) is 3.70. The van der Waals surface area contributed by atoms with Crippen LogP contribution in [0.15, 0.2) is 54.9 Å². The van der Waals surface area contributed by atoms with Crippen molar-refractivity contribution in [1.82, 2.24) is 9.55 Å². The molecule has 21 heavy (non-hydrogen) atoms. The van der Waals surface area contributed by atoms with E-state index in [1.54, 1.807) is 13.1 Å². The molecule has 0 aliphatic heterocycles. The Morgan fingerprint density at radius 1 is 1.19 bits per heavy atom. The zero-order valence-electron chi connectivity index (χ0n) is 11.8. The van der Waals surface area contributed by atoms with Crippen LogP contribution in [0.25, 0.3) is 22.2 Å². The van der Waals surface area contributed by atoms with Crippen LogP contribution in [0.5, 0.6) is 0 Å². The molecule has 0 atom stereocenters. The molecule has 0 fully saturated rings. The molecule has 106 valence electrons. The van der Waals surface area contributed by atoms with E-state index < -0.39 is 0 Å². The smallest absolute Gasteiger partial charge is 0.325 e. The first-order valence-electron chi connectivity index (χ1n) is 6.94. The summed E-state index contributed by atoms with van der Waals surface area (Å²) in [5, 5.41) is 1.04. The van der Waals surface area contributed by atoms with Crippen LogP contribution in [0.2, 0.25) is 0 Å². The average Bonchev–Trinajstić information content (AvgIpc) is 2.87. The van der Waals surface area contributed by atoms with Gasteiger partial charge in [-0.05, 0) is 24.6 Å². The molecular formula is C17H16N2O2. The van der Waals surface area contributed by atoms with E-state index >= 15 is 0 Å². The number of pyridine rings is 1. The highest BCUT2D eigenvalue weighted by Gasteiger charge is 2.13. The van der Waals surface area contributed by atoms with Crippen molar-refractivity contribution in [3.05, 3.63) is 54.9 Å². The van der Waals surface area contributed by atoms with Crippen LogP contribution >= 0.6 is 0 Å². The third-order valence-corrected chi connectivity index (χ3v) is 3.32. The van der Waals surface area contributed by atoms with Gasteiger partial charge in [-0.2, -0.15) is 0 Å². The quantitative estimate of drug-likeness (QED) is 0.689. The van der Waals surface area contributed by atoms with E-state index in [1.165, 1.54) is 0 Å². The maximum atomic E-state index is 11.7. The highest BCUT2D eigenvalue weighted by Crippen LogP contribution is 2.29. The lowest BCUT2D eigenvalue weighted by Gasteiger charge is -2.03. The molecule has 0 unspecified atom stereocenters. The molecule has 0 radical (unpaired) electrons. The Balaban J connectivity index is 2.08. The number of hydrogen-bond donors (Lipinski definition) is 0. The highest BCUT2D eigenvalue weighted by molar-refractivity contribution is 5.94. The molecule has 4 heteroatoms. The second-order valence-corrected chi connectivity index (χ2v) is 4.72. The van der Waals surface area contributed by atoms with Gasteiger partial charge in [0.15, 0.2) is 0 Å². The Morgan fingerprint density at radius 2 is 2.00 bits per heavy atom. The topological polar surface area (TPSA) is 44.1 Å². The summed E-state index contributed by atoms with van der Waals surface area (Å²) in [6.45, 7) is 2.37. The van der Waals surface area contributed by atoms with Crippen LogP contribution in [-0.4, -0.2) is 22.1 Å². The zero-order chi connectivity index (χ0) is 14.7. The van der Waals surface area contributed by atoms with Gasteiger partial charge in [-0.3, -0.25) is 4.79 Å². The summed E-state index contributed by atoms with van der Waals surface area (Å²) in [5.41, 5.74) is 2.98. The van der Waals surface area contributed by atoms with E-state index in [-0.39, 0.29) is 12.5 Å². The molecule has 4 nitrogen and oxygen atoms in total. The van der Waals surface area contributed by atoms with E-state index in [9.17, 15) is 4.79 Å². The minimum atomic E-state index is -0.250. The van der Waals surface area contributed by atoms with Gasteiger partial charge in [0.2, 0.25) is 0 Å². The van der Waals surface area contributed by atoms with Crippen molar-refractivity contribution >= 4 is 17.0 Å². The van der Waals surface area contributed by atoms with Crippen molar-refractivity contribution in [1.29, 1.82) is 0 Å². The maximum Gasteiger partial charge on any atom is 0.325 e. The van der Waals surface area contributed by atoms with E-state index in [0.29, 0.717) is 6.61 Å². The zero-order valence-corrected chi connectivity index (χ0v) is 11.8. The predicted octanol–water partition coefficient (Wildman–Crippen LogP) is 3.27.